The van der Waals surface area contributed by atoms with Gasteiger partial charge in [0.1, 0.15) is 6.33 Å². The van der Waals surface area contributed by atoms with Gasteiger partial charge in [0.25, 0.3) is 5.89 Å². The average molecular weight is 230 g/mol. The molecule has 0 saturated carbocycles. The lowest BCUT2D eigenvalue weighted by atomic mass is 10.3. The molecule has 8 heteroatoms. The molecule has 0 amide bonds. The van der Waals surface area contributed by atoms with Crippen molar-refractivity contribution in [2.24, 2.45) is 0 Å². The fourth-order valence-electron chi connectivity index (χ4n) is 1.33. The molecular formula is C9H6N6O2. The molecule has 3 rings (SSSR count). The number of H-pyrrole nitrogens is 2. The minimum atomic E-state index is -0.234. The Morgan fingerprint density at radius 3 is 3.06 bits per heavy atom. The third-order valence-corrected chi connectivity index (χ3v) is 2.07. The molecule has 0 fully saturated rings. The first-order valence-corrected chi connectivity index (χ1v) is 4.71. The Morgan fingerprint density at radius 2 is 2.29 bits per heavy atom. The van der Waals surface area contributed by atoms with Crippen LogP contribution in [0.3, 0.4) is 0 Å². The molecule has 2 N–H and O–H groups in total. The van der Waals surface area contributed by atoms with Crippen LogP contribution in [0.5, 0.6) is 0 Å². The average Bonchev–Trinajstić information content (AvgIpc) is 3.00. The number of rotatable bonds is 2. The summed E-state index contributed by atoms with van der Waals surface area (Å²) >= 11 is 0. The smallest absolute Gasteiger partial charge is 0.258 e. The molecule has 0 aliphatic heterocycles. The van der Waals surface area contributed by atoms with Gasteiger partial charge in [0.05, 0.1) is 0 Å². The van der Waals surface area contributed by atoms with Gasteiger partial charge < -0.3 is 9.51 Å². The molecule has 3 aromatic rings. The molecule has 0 spiro atoms. The van der Waals surface area contributed by atoms with Gasteiger partial charge in [-0.1, -0.05) is 5.16 Å². The van der Waals surface area contributed by atoms with Crippen molar-refractivity contribution in [2.45, 2.75) is 0 Å². The van der Waals surface area contributed by atoms with Gasteiger partial charge in [0, 0.05) is 17.8 Å². The zero-order valence-corrected chi connectivity index (χ0v) is 8.41. The molecule has 3 aromatic heterocycles. The molecule has 0 aromatic carbocycles. The minimum absolute atomic E-state index is 0.234. The van der Waals surface area contributed by atoms with Crippen molar-refractivity contribution in [3.8, 4) is 23.1 Å². The van der Waals surface area contributed by atoms with Crippen LogP contribution in [-0.2, 0) is 0 Å². The molecule has 0 radical (unpaired) electrons. The molecule has 0 aliphatic rings. The summed E-state index contributed by atoms with van der Waals surface area (Å²) < 4.78 is 5.03. The van der Waals surface area contributed by atoms with E-state index in [1.54, 1.807) is 6.07 Å². The molecule has 0 aliphatic carbocycles. The fourth-order valence-corrected chi connectivity index (χ4v) is 1.33. The number of aromatic amines is 2. The Labute approximate surface area is 93.7 Å². The number of nitrogens with one attached hydrogen (secondary N) is 2. The van der Waals surface area contributed by atoms with Crippen LogP contribution in [0.25, 0.3) is 23.1 Å². The van der Waals surface area contributed by atoms with Crippen molar-refractivity contribution >= 4 is 0 Å². The van der Waals surface area contributed by atoms with Crippen LogP contribution in [0.15, 0.2) is 34.0 Å². The maximum atomic E-state index is 11.1. The summed E-state index contributed by atoms with van der Waals surface area (Å²) in [5.74, 6) is 0.949. The van der Waals surface area contributed by atoms with Crippen LogP contribution in [0.2, 0.25) is 0 Å². The summed E-state index contributed by atoms with van der Waals surface area (Å²) in [6.45, 7) is 0. The molecule has 0 unspecified atom stereocenters. The monoisotopic (exact) mass is 230 g/mol. The van der Waals surface area contributed by atoms with Gasteiger partial charge in [-0.2, -0.15) is 10.1 Å². The van der Waals surface area contributed by atoms with Gasteiger partial charge in [-0.15, -0.1) is 0 Å². The lowest BCUT2D eigenvalue weighted by Gasteiger charge is -1.90. The van der Waals surface area contributed by atoms with E-state index in [1.165, 1.54) is 18.6 Å². The van der Waals surface area contributed by atoms with Crippen molar-refractivity contribution in [3.05, 3.63) is 35.0 Å². The molecule has 0 saturated heterocycles. The second-order valence-electron chi connectivity index (χ2n) is 3.20. The predicted octanol–water partition coefficient (Wildman–Crippen LogP) is 0.210. The third kappa shape index (κ3) is 1.71. The second-order valence-corrected chi connectivity index (χ2v) is 3.20. The van der Waals surface area contributed by atoms with E-state index < -0.39 is 0 Å². The van der Waals surface area contributed by atoms with Crippen LogP contribution in [0.1, 0.15) is 0 Å². The number of pyridine rings is 1. The van der Waals surface area contributed by atoms with Gasteiger partial charge >= 0.3 is 0 Å². The Hall–Kier alpha value is -2.77. The standard InChI is InChI=1S/C9H6N6O2/c16-6-3-5(1-2-10-6)9-13-8(15-17-9)7-11-4-12-14-7/h1-4H,(H,10,16)(H,11,12,14). The van der Waals surface area contributed by atoms with Crippen LogP contribution < -0.4 is 5.56 Å². The number of nitrogens with zero attached hydrogens (tertiary/aromatic N) is 4. The Balaban J connectivity index is 2.03. The maximum Gasteiger partial charge on any atom is 0.258 e. The lowest BCUT2D eigenvalue weighted by Crippen LogP contribution is -2.02. The number of aromatic nitrogens is 6. The Kier molecular flexibility index (Phi) is 2.04. The van der Waals surface area contributed by atoms with Crippen molar-refractivity contribution in [3.63, 3.8) is 0 Å². The molecule has 0 bridgehead atoms. The van der Waals surface area contributed by atoms with E-state index in [0.717, 1.165) is 0 Å². The first-order valence-electron chi connectivity index (χ1n) is 4.71. The van der Waals surface area contributed by atoms with Crippen LogP contribution >= 0.6 is 0 Å². The van der Waals surface area contributed by atoms with Crippen LogP contribution in [0.4, 0.5) is 0 Å². The van der Waals surface area contributed by atoms with Crippen LogP contribution in [-0.4, -0.2) is 30.3 Å². The van der Waals surface area contributed by atoms with Crippen molar-refractivity contribution in [1.82, 2.24) is 30.3 Å². The number of hydrogen-bond acceptors (Lipinski definition) is 6. The molecule has 0 atom stereocenters. The third-order valence-electron chi connectivity index (χ3n) is 2.07. The topological polar surface area (TPSA) is 113 Å². The highest BCUT2D eigenvalue weighted by molar-refractivity contribution is 5.54. The van der Waals surface area contributed by atoms with E-state index in [9.17, 15) is 4.79 Å². The van der Waals surface area contributed by atoms with Crippen molar-refractivity contribution in [1.29, 1.82) is 0 Å². The van der Waals surface area contributed by atoms with E-state index in [-0.39, 0.29) is 17.3 Å². The number of hydrogen-bond donors (Lipinski definition) is 2. The highest BCUT2D eigenvalue weighted by atomic mass is 16.5. The van der Waals surface area contributed by atoms with Gasteiger partial charge in [-0.05, 0) is 6.07 Å². The zero-order chi connectivity index (χ0) is 11.7. The first kappa shape index (κ1) is 9.46. The summed E-state index contributed by atoms with van der Waals surface area (Å²) in [5, 5.41) is 10.0. The highest BCUT2D eigenvalue weighted by Gasteiger charge is 2.12. The van der Waals surface area contributed by atoms with Crippen LogP contribution in [0, 0.1) is 0 Å². The summed E-state index contributed by atoms with van der Waals surface area (Å²) in [6, 6.07) is 3.04. The van der Waals surface area contributed by atoms with Gasteiger partial charge in [-0.25, -0.2) is 4.98 Å². The molecule has 17 heavy (non-hydrogen) atoms. The van der Waals surface area contributed by atoms with E-state index in [2.05, 4.69) is 30.3 Å². The summed E-state index contributed by atoms with van der Waals surface area (Å²) in [7, 11) is 0. The summed E-state index contributed by atoms with van der Waals surface area (Å²) in [4.78, 5) is 21.6. The SMILES string of the molecule is O=c1cc(-c2nc(-c3ncn[nH]3)no2)cc[nH]1. The first-order chi connectivity index (χ1) is 8.33. The van der Waals surface area contributed by atoms with Gasteiger partial charge in [-0.3, -0.25) is 9.89 Å². The normalized spacial score (nSPS) is 10.6. The highest BCUT2D eigenvalue weighted by Crippen LogP contribution is 2.17. The molecule has 3 heterocycles. The summed E-state index contributed by atoms with van der Waals surface area (Å²) in [5.41, 5.74) is 0.314. The van der Waals surface area contributed by atoms with E-state index >= 15 is 0 Å². The van der Waals surface area contributed by atoms with E-state index in [1.807, 2.05) is 0 Å². The molecule has 84 valence electrons. The Morgan fingerprint density at radius 1 is 1.35 bits per heavy atom. The Bertz CT molecular complexity index is 683. The molecular weight excluding hydrogens is 224 g/mol. The van der Waals surface area contributed by atoms with Crippen molar-refractivity contribution < 1.29 is 4.52 Å². The van der Waals surface area contributed by atoms with E-state index in [0.29, 0.717) is 11.4 Å². The quantitative estimate of drug-likeness (QED) is 0.650. The predicted molar refractivity (Wildman–Crippen MR) is 55.7 cm³/mol. The van der Waals surface area contributed by atoms with E-state index in [4.69, 9.17) is 4.52 Å². The molecule has 8 nitrogen and oxygen atoms in total. The summed E-state index contributed by atoms with van der Waals surface area (Å²) in [6.07, 6.45) is 2.86. The largest absolute Gasteiger partial charge is 0.333 e. The second kappa shape index (κ2) is 3.67. The van der Waals surface area contributed by atoms with Gasteiger partial charge in [0.2, 0.25) is 11.4 Å². The van der Waals surface area contributed by atoms with Crippen molar-refractivity contribution in [2.75, 3.05) is 0 Å². The fraction of sp³-hybridized carbons (Fsp3) is 0. The van der Waals surface area contributed by atoms with Gasteiger partial charge in [0.15, 0.2) is 5.82 Å². The zero-order valence-electron chi connectivity index (χ0n) is 8.41. The minimum Gasteiger partial charge on any atom is -0.333 e. The maximum absolute atomic E-state index is 11.1. The lowest BCUT2D eigenvalue weighted by molar-refractivity contribution is 0.432.